The number of carbonyl (C=O) groups excluding carboxylic acids is 2. The van der Waals surface area contributed by atoms with E-state index in [0.717, 1.165) is 16.1 Å². The predicted octanol–water partition coefficient (Wildman–Crippen LogP) is 3.71. The summed E-state index contributed by atoms with van der Waals surface area (Å²) >= 11 is 12.1. The van der Waals surface area contributed by atoms with Crippen LogP contribution in [-0.4, -0.2) is 57.6 Å². The van der Waals surface area contributed by atoms with E-state index in [1.807, 2.05) is 0 Å². The molecule has 2 rings (SSSR count). The number of likely N-dealkylation sites (N-methyl/N-ethyl adjacent to an activating group) is 1. The first-order chi connectivity index (χ1) is 16.0. The summed E-state index contributed by atoms with van der Waals surface area (Å²) in [4.78, 5) is 27.7. The second kappa shape index (κ2) is 12.3. The molecule has 0 bridgehead atoms. The van der Waals surface area contributed by atoms with Gasteiger partial charge in [0.1, 0.15) is 18.3 Å². The highest BCUT2D eigenvalue weighted by molar-refractivity contribution is 7.92. The summed E-state index contributed by atoms with van der Waals surface area (Å²) in [5.41, 5.74) is 0.870. The highest BCUT2D eigenvalue weighted by atomic mass is 35.5. The summed E-state index contributed by atoms with van der Waals surface area (Å²) in [5, 5.41) is 3.56. The second-order valence-corrected chi connectivity index (χ2v) is 10.3. The molecule has 0 aliphatic heterocycles. The molecule has 0 aliphatic rings. The monoisotopic (exact) mass is 529 g/mol. The van der Waals surface area contributed by atoms with E-state index in [9.17, 15) is 18.0 Å². The topological polar surface area (TPSA) is 96.0 Å². The number of rotatable bonds is 11. The van der Waals surface area contributed by atoms with Crippen LogP contribution in [0, 0.1) is 0 Å². The molecule has 1 atom stereocenters. The maximum absolute atomic E-state index is 13.6. The molecular weight excluding hydrogens is 501 g/mol. The molecule has 0 radical (unpaired) electrons. The Labute approximate surface area is 210 Å². The van der Waals surface area contributed by atoms with E-state index in [1.54, 1.807) is 44.2 Å². The summed E-state index contributed by atoms with van der Waals surface area (Å²) in [7, 11) is -2.52. The molecule has 0 aliphatic carbocycles. The lowest BCUT2D eigenvalue weighted by molar-refractivity contribution is -0.140. The van der Waals surface area contributed by atoms with Gasteiger partial charge in [-0.15, -0.1) is 0 Å². The molecule has 0 unspecified atom stereocenters. The SMILES string of the molecule is CCNC(=O)[C@H](CC)N(Cc1ccc(Cl)cc1)C(=O)CN(c1cc(Cl)ccc1OC)S(C)(=O)=O. The van der Waals surface area contributed by atoms with Crippen molar-refractivity contribution in [3.63, 3.8) is 0 Å². The van der Waals surface area contributed by atoms with Crippen molar-refractivity contribution in [3.8, 4) is 5.75 Å². The Morgan fingerprint density at radius 2 is 1.68 bits per heavy atom. The summed E-state index contributed by atoms with van der Waals surface area (Å²) in [5.74, 6) is -0.637. The molecule has 0 saturated heterocycles. The molecule has 0 fully saturated rings. The Morgan fingerprint density at radius 3 is 2.21 bits per heavy atom. The van der Waals surface area contributed by atoms with Gasteiger partial charge in [0.05, 0.1) is 19.1 Å². The van der Waals surface area contributed by atoms with Gasteiger partial charge in [-0.1, -0.05) is 42.3 Å². The van der Waals surface area contributed by atoms with Crippen LogP contribution in [0.1, 0.15) is 25.8 Å². The molecule has 8 nitrogen and oxygen atoms in total. The third-order valence-electron chi connectivity index (χ3n) is 5.09. The number of halogens is 2. The number of nitrogens with one attached hydrogen (secondary N) is 1. The molecule has 0 spiro atoms. The number of anilines is 1. The first-order valence-electron chi connectivity index (χ1n) is 10.6. The zero-order valence-corrected chi connectivity index (χ0v) is 21.9. The average Bonchev–Trinajstić information content (AvgIpc) is 2.78. The van der Waals surface area contributed by atoms with Crippen molar-refractivity contribution in [1.29, 1.82) is 0 Å². The van der Waals surface area contributed by atoms with Crippen LogP contribution in [0.5, 0.6) is 5.75 Å². The van der Waals surface area contributed by atoms with Crippen LogP contribution in [-0.2, 0) is 26.2 Å². The number of carbonyl (C=O) groups is 2. The standard InChI is InChI=1S/C23H29Cl2N3O5S/c1-5-19(23(30)26-6-2)27(14-16-7-9-17(24)10-8-16)22(29)15-28(34(4,31)32)20-13-18(25)11-12-21(20)33-3/h7-13,19H,5-6,14-15H2,1-4H3,(H,26,30)/t19-/m0/s1. The number of amides is 2. The minimum Gasteiger partial charge on any atom is -0.495 e. The van der Waals surface area contributed by atoms with Gasteiger partial charge < -0.3 is 15.0 Å². The lowest BCUT2D eigenvalue weighted by atomic mass is 10.1. The molecule has 2 aromatic rings. The van der Waals surface area contributed by atoms with Crippen LogP contribution in [0.2, 0.25) is 10.0 Å². The molecule has 11 heteroatoms. The van der Waals surface area contributed by atoms with Gasteiger partial charge in [-0.2, -0.15) is 0 Å². The molecule has 1 N–H and O–H groups in total. The summed E-state index contributed by atoms with van der Waals surface area (Å²) in [6.07, 6.45) is 1.33. The minimum atomic E-state index is -3.91. The normalized spacial score (nSPS) is 12.1. The van der Waals surface area contributed by atoms with Crippen LogP contribution < -0.4 is 14.4 Å². The van der Waals surface area contributed by atoms with E-state index >= 15 is 0 Å². The largest absolute Gasteiger partial charge is 0.495 e. The van der Waals surface area contributed by atoms with Crippen molar-refractivity contribution in [3.05, 3.63) is 58.1 Å². The maximum Gasteiger partial charge on any atom is 0.244 e. The van der Waals surface area contributed by atoms with E-state index in [0.29, 0.717) is 18.0 Å². The number of hydrogen-bond donors (Lipinski definition) is 1. The summed E-state index contributed by atoms with van der Waals surface area (Å²) in [6, 6.07) is 10.6. The van der Waals surface area contributed by atoms with Gasteiger partial charge in [0.2, 0.25) is 21.8 Å². The number of ether oxygens (including phenoxy) is 1. The molecule has 0 aromatic heterocycles. The number of benzene rings is 2. The van der Waals surface area contributed by atoms with Gasteiger partial charge in [0.25, 0.3) is 0 Å². The van der Waals surface area contributed by atoms with Gasteiger partial charge in [-0.3, -0.25) is 13.9 Å². The maximum atomic E-state index is 13.6. The van der Waals surface area contributed by atoms with Crippen molar-refractivity contribution < 1.29 is 22.7 Å². The molecule has 0 saturated carbocycles. The third-order valence-corrected chi connectivity index (χ3v) is 6.71. The van der Waals surface area contributed by atoms with E-state index in [2.05, 4.69) is 5.32 Å². The molecular formula is C23H29Cl2N3O5S. The van der Waals surface area contributed by atoms with Gasteiger partial charge in [0.15, 0.2) is 0 Å². The van der Waals surface area contributed by atoms with Crippen LogP contribution in [0.4, 0.5) is 5.69 Å². The van der Waals surface area contributed by atoms with Crippen LogP contribution in [0.3, 0.4) is 0 Å². The first kappa shape index (κ1) is 27.8. The van der Waals surface area contributed by atoms with E-state index < -0.39 is 28.5 Å². The highest BCUT2D eigenvalue weighted by Gasteiger charge is 2.32. The zero-order valence-electron chi connectivity index (χ0n) is 19.5. The highest BCUT2D eigenvalue weighted by Crippen LogP contribution is 2.33. The molecule has 2 amide bonds. The van der Waals surface area contributed by atoms with Gasteiger partial charge in [-0.25, -0.2) is 8.42 Å². The van der Waals surface area contributed by atoms with Crippen molar-refractivity contribution in [2.75, 3.05) is 30.8 Å². The van der Waals surface area contributed by atoms with Crippen LogP contribution >= 0.6 is 23.2 Å². The first-order valence-corrected chi connectivity index (χ1v) is 13.2. The Morgan fingerprint density at radius 1 is 1.06 bits per heavy atom. The fraction of sp³-hybridized carbons (Fsp3) is 0.391. The van der Waals surface area contributed by atoms with Gasteiger partial charge >= 0.3 is 0 Å². The summed E-state index contributed by atoms with van der Waals surface area (Å²) < 4.78 is 31.6. The molecule has 186 valence electrons. The lowest BCUT2D eigenvalue weighted by Gasteiger charge is -2.33. The number of methoxy groups -OCH3 is 1. The summed E-state index contributed by atoms with van der Waals surface area (Å²) in [6.45, 7) is 3.52. The average molecular weight is 530 g/mol. The minimum absolute atomic E-state index is 0.0932. The van der Waals surface area contributed by atoms with Crippen molar-refractivity contribution in [2.24, 2.45) is 0 Å². The number of hydrogen-bond acceptors (Lipinski definition) is 5. The van der Waals surface area contributed by atoms with E-state index in [1.165, 1.54) is 24.1 Å². The predicted molar refractivity (Wildman–Crippen MR) is 135 cm³/mol. The van der Waals surface area contributed by atoms with Gasteiger partial charge in [-0.05, 0) is 49.2 Å². The van der Waals surface area contributed by atoms with Gasteiger partial charge in [0, 0.05) is 23.1 Å². The number of sulfonamides is 1. The van der Waals surface area contributed by atoms with E-state index in [4.69, 9.17) is 27.9 Å². The molecule has 0 heterocycles. The Balaban J connectivity index is 2.49. The second-order valence-electron chi connectivity index (χ2n) is 7.55. The third kappa shape index (κ3) is 7.25. The van der Waals surface area contributed by atoms with E-state index in [-0.39, 0.29) is 28.9 Å². The van der Waals surface area contributed by atoms with Crippen LogP contribution in [0.25, 0.3) is 0 Å². The van der Waals surface area contributed by atoms with Crippen molar-refractivity contribution >= 4 is 50.7 Å². The van der Waals surface area contributed by atoms with Crippen molar-refractivity contribution in [1.82, 2.24) is 10.2 Å². The fourth-order valence-corrected chi connectivity index (χ4v) is 4.59. The Hall–Kier alpha value is -2.49. The lowest BCUT2D eigenvalue weighted by Crippen LogP contribution is -2.52. The fourth-order valence-electron chi connectivity index (χ4n) is 3.45. The molecule has 34 heavy (non-hydrogen) atoms. The van der Waals surface area contributed by atoms with Crippen LogP contribution in [0.15, 0.2) is 42.5 Å². The Kier molecular flexibility index (Phi) is 10.0. The quantitative estimate of drug-likeness (QED) is 0.478. The smallest absolute Gasteiger partial charge is 0.244 e. The zero-order chi connectivity index (χ0) is 25.5. The molecule has 2 aromatic carbocycles. The van der Waals surface area contributed by atoms with Crippen molar-refractivity contribution in [2.45, 2.75) is 32.9 Å². The number of nitrogens with zero attached hydrogens (tertiary/aromatic N) is 2. The Bertz CT molecular complexity index is 1110.